The minimum Gasteiger partial charge on any atom is -0.383 e. The Morgan fingerprint density at radius 1 is 1.12 bits per heavy atom. The molecule has 1 aromatic carbocycles. The predicted octanol–water partition coefficient (Wildman–Crippen LogP) is 2.51. The Kier molecular flexibility index (Phi) is 12.4. The van der Waals surface area contributed by atoms with Crippen molar-refractivity contribution in [2.24, 2.45) is 5.92 Å². The Morgan fingerprint density at radius 3 is 2.31 bits per heavy atom. The third-order valence-electron chi connectivity index (χ3n) is 4.80. The molecule has 0 aliphatic carbocycles. The molecule has 4 N–H and O–H groups in total. The highest BCUT2D eigenvalue weighted by Crippen LogP contribution is 2.25. The van der Waals surface area contributed by atoms with Crippen LogP contribution in [0.5, 0.6) is 0 Å². The van der Waals surface area contributed by atoms with Crippen LogP contribution in [0.2, 0.25) is 10.0 Å². The molecule has 0 aliphatic rings. The number of aliphatic hydroxyl groups is 1. The molecule has 0 spiro atoms. The van der Waals surface area contributed by atoms with Crippen LogP contribution >= 0.6 is 35.0 Å². The lowest BCUT2D eigenvalue weighted by atomic mass is 9.99. The van der Waals surface area contributed by atoms with E-state index in [1.54, 1.807) is 18.2 Å². The van der Waals surface area contributed by atoms with E-state index < -0.39 is 35.9 Å². The molecule has 0 aliphatic heterocycles. The molecule has 3 amide bonds. The predicted molar refractivity (Wildman–Crippen MR) is 127 cm³/mol. The maximum atomic E-state index is 13.2. The first-order valence-electron chi connectivity index (χ1n) is 10.2. The molecule has 180 valence electrons. The first-order valence-corrected chi connectivity index (χ1v) is 12.3. The number of hydrogen-bond acceptors (Lipinski definition) is 6. The van der Waals surface area contributed by atoms with Gasteiger partial charge in [0.2, 0.25) is 5.91 Å². The second-order valence-corrected chi connectivity index (χ2v) is 9.60. The summed E-state index contributed by atoms with van der Waals surface area (Å²) < 4.78 is 0. The summed E-state index contributed by atoms with van der Waals surface area (Å²) in [7, 11) is 0. The van der Waals surface area contributed by atoms with E-state index in [0.29, 0.717) is 22.9 Å². The van der Waals surface area contributed by atoms with Crippen molar-refractivity contribution in [2.45, 2.75) is 51.8 Å². The first-order chi connectivity index (χ1) is 15.0. The zero-order chi connectivity index (χ0) is 24.4. The van der Waals surface area contributed by atoms with Gasteiger partial charge in [-0.1, -0.05) is 43.1 Å². The van der Waals surface area contributed by atoms with Crippen molar-refractivity contribution in [3.63, 3.8) is 0 Å². The number of nitrogens with one attached hydrogen (secondary N) is 2. The Bertz CT molecular complexity index is 797. The normalized spacial score (nSPS) is 13.9. The third kappa shape index (κ3) is 8.44. The minimum absolute atomic E-state index is 0.00158. The van der Waals surface area contributed by atoms with Gasteiger partial charge in [-0.05, 0) is 43.2 Å². The van der Waals surface area contributed by atoms with Crippen LogP contribution in [0.4, 0.5) is 0 Å². The molecule has 1 aromatic rings. The zero-order valence-electron chi connectivity index (χ0n) is 18.6. The molecule has 0 fully saturated rings. The lowest BCUT2D eigenvalue weighted by Crippen LogP contribution is -2.60. The van der Waals surface area contributed by atoms with Gasteiger partial charge >= 0.3 is 0 Å². The number of thioether (sulfide) groups is 1. The van der Waals surface area contributed by atoms with Crippen LogP contribution in [0, 0.1) is 5.92 Å². The zero-order valence-corrected chi connectivity index (χ0v) is 20.9. The van der Waals surface area contributed by atoms with Crippen molar-refractivity contribution < 1.29 is 24.7 Å². The van der Waals surface area contributed by atoms with Crippen molar-refractivity contribution >= 4 is 52.7 Å². The molecule has 0 saturated carbocycles. The van der Waals surface area contributed by atoms with Gasteiger partial charge in [-0.2, -0.15) is 11.8 Å². The number of hydroxylamine groups is 1. The summed E-state index contributed by atoms with van der Waals surface area (Å²) in [6, 6.07) is 2.45. The number of rotatable bonds is 12. The molecule has 0 bridgehead atoms. The minimum atomic E-state index is -1.42. The fourth-order valence-electron chi connectivity index (χ4n) is 3.15. The van der Waals surface area contributed by atoms with E-state index in [2.05, 4.69) is 5.32 Å². The average Bonchev–Trinajstić information content (AvgIpc) is 2.74. The highest BCUT2D eigenvalue weighted by Gasteiger charge is 2.39. The van der Waals surface area contributed by atoms with Gasteiger partial charge in [0.1, 0.15) is 18.2 Å². The van der Waals surface area contributed by atoms with Gasteiger partial charge in [0, 0.05) is 18.7 Å². The maximum absolute atomic E-state index is 13.2. The van der Waals surface area contributed by atoms with E-state index in [-0.39, 0.29) is 23.8 Å². The number of benzene rings is 1. The summed E-state index contributed by atoms with van der Waals surface area (Å²) in [5, 5.41) is 23.0. The fraction of sp³-hybridized carbons (Fsp3) is 0.571. The van der Waals surface area contributed by atoms with E-state index in [0.717, 1.165) is 4.90 Å². The molecular formula is C21H31Cl2N3O5S. The number of aliphatic hydroxyl groups excluding tert-OH is 1. The highest BCUT2D eigenvalue weighted by atomic mass is 35.5. The Balaban J connectivity index is 3.41. The van der Waals surface area contributed by atoms with E-state index in [9.17, 15) is 19.5 Å². The second kappa shape index (κ2) is 13.9. The van der Waals surface area contributed by atoms with Crippen molar-refractivity contribution in [1.82, 2.24) is 15.7 Å². The van der Waals surface area contributed by atoms with E-state index in [1.165, 1.54) is 24.2 Å². The Hall–Kier alpha value is -1.52. The molecule has 0 radical (unpaired) electrons. The van der Waals surface area contributed by atoms with Crippen molar-refractivity contribution in [2.75, 3.05) is 18.6 Å². The lowest BCUT2D eigenvalue weighted by molar-refractivity contribution is -0.155. The monoisotopic (exact) mass is 507 g/mol. The fourth-order valence-corrected chi connectivity index (χ4v) is 3.78. The summed E-state index contributed by atoms with van der Waals surface area (Å²) in [5.74, 6) is -1.50. The Morgan fingerprint density at radius 2 is 1.78 bits per heavy atom. The number of nitrogens with zero attached hydrogens (tertiary/aromatic N) is 1. The first kappa shape index (κ1) is 28.5. The van der Waals surface area contributed by atoms with Crippen LogP contribution in [0.3, 0.4) is 0 Å². The van der Waals surface area contributed by atoms with E-state index in [1.807, 2.05) is 20.1 Å². The van der Waals surface area contributed by atoms with E-state index in [4.69, 9.17) is 28.4 Å². The number of carbonyl (C=O) groups excluding carboxylic acids is 3. The van der Waals surface area contributed by atoms with Gasteiger partial charge in [-0.3, -0.25) is 19.6 Å². The summed E-state index contributed by atoms with van der Waals surface area (Å²) >= 11 is 13.6. The summed E-state index contributed by atoms with van der Waals surface area (Å²) in [4.78, 5) is 39.6. The standard InChI is InChI=1S/C21H31Cl2N3O5S/c1-12(2)9-18(27)21(30)26(13(3)19(28)25-31)17(20(29)24-7-8-32-4)11-14-5-6-15(22)16(23)10-14/h5-6,10,12-13,17-18,27,31H,7-9,11H2,1-4H3,(H,24,29)(H,25,28)/t13-,17-,18-/m0/s1. The molecule has 0 unspecified atom stereocenters. The maximum Gasteiger partial charge on any atom is 0.265 e. The molecule has 8 nitrogen and oxygen atoms in total. The van der Waals surface area contributed by atoms with Gasteiger partial charge < -0.3 is 15.3 Å². The molecule has 11 heteroatoms. The van der Waals surface area contributed by atoms with Crippen LogP contribution in [0.25, 0.3) is 0 Å². The molecule has 0 saturated heterocycles. The van der Waals surface area contributed by atoms with Crippen molar-refractivity contribution in [3.8, 4) is 0 Å². The smallest absolute Gasteiger partial charge is 0.265 e. The van der Waals surface area contributed by atoms with Crippen LogP contribution in [0.15, 0.2) is 18.2 Å². The molecular weight excluding hydrogens is 477 g/mol. The van der Waals surface area contributed by atoms with Crippen LogP contribution in [-0.4, -0.2) is 69.7 Å². The second-order valence-electron chi connectivity index (χ2n) is 7.80. The number of hydrogen-bond donors (Lipinski definition) is 4. The lowest BCUT2D eigenvalue weighted by Gasteiger charge is -2.36. The molecule has 1 rings (SSSR count). The number of carbonyl (C=O) groups is 3. The van der Waals surface area contributed by atoms with Crippen LogP contribution in [-0.2, 0) is 20.8 Å². The van der Waals surface area contributed by atoms with Gasteiger partial charge in [-0.15, -0.1) is 0 Å². The highest BCUT2D eigenvalue weighted by molar-refractivity contribution is 7.98. The van der Waals surface area contributed by atoms with Crippen LogP contribution < -0.4 is 10.8 Å². The van der Waals surface area contributed by atoms with Crippen molar-refractivity contribution in [1.29, 1.82) is 0 Å². The number of amides is 3. The quantitative estimate of drug-likeness (QED) is 0.196. The SMILES string of the molecule is CSCCNC(=O)[C@H](Cc1ccc(Cl)c(Cl)c1)N(C(=O)[C@@H](O)CC(C)C)[C@@H](C)C(=O)NO. The number of halogens is 2. The third-order valence-corrected chi connectivity index (χ3v) is 6.15. The molecule has 0 aromatic heterocycles. The molecule has 32 heavy (non-hydrogen) atoms. The van der Waals surface area contributed by atoms with Gasteiger partial charge in [0.05, 0.1) is 10.0 Å². The average molecular weight is 508 g/mol. The van der Waals surface area contributed by atoms with Crippen LogP contribution in [0.1, 0.15) is 32.8 Å². The summed E-state index contributed by atoms with van der Waals surface area (Å²) in [5.41, 5.74) is 2.13. The Labute approximate surface area is 203 Å². The van der Waals surface area contributed by atoms with Gasteiger partial charge in [-0.25, -0.2) is 5.48 Å². The summed E-state index contributed by atoms with van der Waals surface area (Å²) in [6.45, 7) is 5.41. The van der Waals surface area contributed by atoms with E-state index >= 15 is 0 Å². The largest absolute Gasteiger partial charge is 0.383 e. The van der Waals surface area contributed by atoms with Crippen molar-refractivity contribution in [3.05, 3.63) is 33.8 Å². The van der Waals surface area contributed by atoms with Gasteiger partial charge in [0.25, 0.3) is 11.8 Å². The molecule has 3 atom stereocenters. The molecule has 0 heterocycles. The topological polar surface area (TPSA) is 119 Å². The summed E-state index contributed by atoms with van der Waals surface area (Å²) in [6.07, 6.45) is 0.645. The van der Waals surface area contributed by atoms with Gasteiger partial charge in [0.15, 0.2) is 0 Å².